The number of fused-ring (bicyclic) bond motifs is 1. The molecule has 0 atom stereocenters. The van der Waals surface area contributed by atoms with Crippen molar-refractivity contribution in [2.45, 2.75) is 27.2 Å². The highest BCUT2D eigenvalue weighted by Gasteiger charge is 2.20. The molecule has 0 aliphatic heterocycles. The molecule has 0 spiro atoms. The number of likely N-dealkylation sites (N-methyl/N-ethyl adjacent to an activating group) is 1. The molecule has 148 valence electrons. The lowest BCUT2D eigenvalue weighted by atomic mass is 10.1. The van der Waals surface area contributed by atoms with E-state index in [9.17, 15) is 4.79 Å². The molecule has 0 N–H and O–H groups in total. The van der Waals surface area contributed by atoms with Gasteiger partial charge >= 0.3 is 0 Å². The molecule has 0 amide bonds. The van der Waals surface area contributed by atoms with Gasteiger partial charge in [-0.2, -0.15) is 0 Å². The monoisotopic (exact) mass is 398 g/mol. The van der Waals surface area contributed by atoms with Crippen molar-refractivity contribution in [2.24, 2.45) is 0 Å². The van der Waals surface area contributed by atoms with Gasteiger partial charge in [-0.15, -0.1) is 0 Å². The van der Waals surface area contributed by atoms with Gasteiger partial charge < -0.3 is 9.64 Å². The van der Waals surface area contributed by atoms with Crippen molar-refractivity contribution < 1.29 is 9.53 Å². The Kier molecular flexibility index (Phi) is 6.42. The van der Waals surface area contributed by atoms with Gasteiger partial charge in [0.15, 0.2) is 0 Å². The molecule has 1 heterocycles. The summed E-state index contributed by atoms with van der Waals surface area (Å²) >= 11 is 5.99. The standard InChI is InChI=1S/C23H27ClN2O2/c1-5-25(6-2)14-13-20-16(3)26(22-12-11-19(28-4)15-21(20)22)23(27)17-7-9-18(24)10-8-17/h7-12,15H,5-6,13-14H2,1-4H3. The topological polar surface area (TPSA) is 34.5 Å². The van der Waals surface area contributed by atoms with Gasteiger partial charge in [-0.1, -0.05) is 25.4 Å². The van der Waals surface area contributed by atoms with E-state index in [0.717, 1.165) is 48.4 Å². The fourth-order valence-electron chi connectivity index (χ4n) is 3.70. The smallest absolute Gasteiger partial charge is 0.262 e. The Bertz CT molecular complexity index is 972. The van der Waals surface area contributed by atoms with E-state index in [1.807, 2.05) is 29.7 Å². The highest BCUT2D eigenvalue weighted by molar-refractivity contribution is 6.30. The molecule has 0 aliphatic carbocycles. The predicted octanol–water partition coefficient (Wildman–Crippen LogP) is 5.18. The van der Waals surface area contributed by atoms with Crippen LogP contribution in [0.1, 0.15) is 35.5 Å². The second-order valence-corrected chi connectivity index (χ2v) is 7.31. The van der Waals surface area contributed by atoms with Crippen molar-refractivity contribution in [3.8, 4) is 5.75 Å². The number of nitrogens with zero attached hydrogens (tertiary/aromatic N) is 2. The lowest BCUT2D eigenvalue weighted by Gasteiger charge is -2.18. The first-order valence-electron chi connectivity index (χ1n) is 9.70. The zero-order valence-corrected chi connectivity index (χ0v) is 17.7. The van der Waals surface area contributed by atoms with Crippen LogP contribution in [0.2, 0.25) is 5.02 Å². The van der Waals surface area contributed by atoms with Crippen LogP contribution in [0.5, 0.6) is 5.75 Å². The third kappa shape index (κ3) is 3.94. The van der Waals surface area contributed by atoms with E-state index >= 15 is 0 Å². The summed E-state index contributed by atoms with van der Waals surface area (Å²) in [6.07, 6.45) is 0.887. The van der Waals surface area contributed by atoms with Gasteiger partial charge in [0, 0.05) is 28.2 Å². The Morgan fingerprint density at radius 1 is 1.11 bits per heavy atom. The number of carbonyl (C=O) groups is 1. The Balaban J connectivity index is 2.10. The van der Waals surface area contributed by atoms with Gasteiger partial charge in [-0.25, -0.2) is 0 Å². The lowest BCUT2D eigenvalue weighted by Crippen LogP contribution is -2.25. The molecule has 0 saturated heterocycles. The number of benzene rings is 2. The first-order valence-corrected chi connectivity index (χ1v) is 10.1. The number of hydrogen-bond donors (Lipinski definition) is 0. The minimum Gasteiger partial charge on any atom is -0.497 e. The summed E-state index contributed by atoms with van der Waals surface area (Å²) in [5.74, 6) is 0.756. The molecule has 3 aromatic rings. The molecule has 0 fully saturated rings. The van der Waals surface area contributed by atoms with Crippen LogP contribution in [-0.2, 0) is 6.42 Å². The van der Waals surface area contributed by atoms with Gasteiger partial charge in [-0.3, -0.25) is 9.36 Å². The van der Waals surface area contributed by atoms with Crippen molar-refractivity contribution in [1.82, 2.24) is 9.47 Å². The maximum absolute atomic E-state index is 13.3. The SMILES string of the molecule is CCN(CC)CCc1c(C)n(C(=O)c2ccc(Cl)cc2)c2ccc(OC)cc12. The number of ether oxygens (including phenoxy) is 1. The van der Waals surface area contributed by atoms with Crippen LogP contribution >= 0.6 is 11.6 Å². The third-order valence-electron chi connectivity index (χ3n) is 5.41. The van der Waals surface area contributed by atoms with Crippen LogP contribution in [0.4, 0.5) is 0 Å². The summed E-state index contributed by atoms with van der Waals surface area (Å²) < 4.78 is 7.25. The molecule has 0 radical (unpaired) electrons. The van der Waals surface area contributed by atoms with Gasteiger partial charge in [0.25, 0.3) is 5.91 Å². The second-order valence-electron chi connectivity index (χ2n) is 6.87. The minimum atomic E-state index is -0.0431. The number of aromatic nitrogens is 1. The number of methoxy groups -OCH3 is 1. The highest BCUT2D eigenvalue weighted by Crippen LogP contribution is 2.31. The van der Waals surface area contributed by atoms with Crippen LogP contribution in [0.25, 0.3) is 10.9 Å². The molecule has 0 saturated carbocycles. The normalized spacial score (nSPS) is 11.4. The number of carbonyl (C=O) groups excluding carboxylic acids is 1. The maximum Gasteiger partial charge on any atom is 0.262 e. The first kappa shape index (κ1) is 20.4. The Morgan fingerprint density at radius 3 is 2.39 bits per heavy atom. The van der Waals surface area contributed by atoms with Crippen molar-refractivity contribution >= 4 is 28.4 Å². The molecule has 2 aromatic carbocycles. The summed E-state index contributed by atoms with van der Waals surface area (Å²) in [6, 6.07) is 13.0. The average Bonchev–Trinajstić information content (AvgIpc) is 2.99. The summed E-state index contributed by atoms with van der Waals surface area (Å²) in [5, 5.41) is 1.70. The van der Waals surface area contributed by atoms with Crippen molar-refractivity contribution in [1.29, 1.82) is 0 Å². The highest BCUT2D eigenvalue weighted by atomic mass is 35.5. The van der Waals surface area contributed by atoms with E-state index in [4.69, 9.17) is 16.3 Å². The fraction of sp³-hybridized carbons (Fsp3) is 0.348. The summed E-state index contributed by atoms with van der Waals surface area (Å²) in [4.78, 5) is 15.7. The van der Waals surface area contributed by atoms with E-state index < -0.39 is 0 Å². The van der Waals surface area contributed by atoms with Crippen LogP contribution < -0.4 is 4.74 Å². The van der Waals surface area contributed by atoms with Crippen LogP contribution in [0, 0.1) is 6.92 Å². The van der Waals surface area contributed by atoms with Gasteiger partial charge in [0.2, 0.25) is 0 Å². The predicted molar refractivity (Wildman–Crippen MR) is 116 cm³/mol. The Labute approximate surface area is 171 Å². The zero-order chi connectivity index (χ0) is 20.3. The molecule has 4 nitrogen and oxygen atoms in total. The average molecular weight is 399 g/mol. The zero-order valence-electron chi connectivity index (χ0n) is 17.0. The second kappa shape index (κ2) is 8.80. The van der Waals surface area contributed by atoms with E-state index in [0.29, 0.717) is 10.6 Å². The number of halogens is 1. The maximum atomic E-state index is 13.3. The minimum absolute atomic E-state index is 0.0431. The molecule has 0 unspecified atom stereocenters. The first-order chi connectivity index (χ1) is 13.5. The van der Waals surface area contributed by atoms with Gasteiger partial charge in [0.05, 0.1) is 12.6 Å². The molecular formula is C23H27ClN2O2. The lowest BCUT2D eigenvalue weighted by molar-refractivity contribution is 0.0963. The fourth-order valence-corrected chi connectivity index (χ4v) is 3.82. The van der Waals surface area contributed by atoms with Crippen LogP contribution in [0.15, 0.2) is 42.5 Å². The molecule has 28 heavy (non-hydrogen) atoms. The van der Waals surface area contributed by atoms with E-state index in [-0.39, 0.29) is 5.91 Å². The number of hydrogen-bond acceptors (Lipinski definition) is 3. The van der Waals surface area contributed by atoms with Crippen molar-refractivity contribution in [3.05, 3.63) is 64.3 Å². The van der Waals surface area contributed by atoms with Gasteiger partial charge in [-0.05, 0) is 74.5 Å². The summed E-state index contributed by atoms with van der Waals surface area (Å²) in [6.45, 7) is 9.36. The summed E-state index contributed by atoms with van der Waals surface area (Å²) in [5.41, 5.74) is 3.71. The van der Waals surface area contributed by atoms with E-state index in [1.54, 1.807) is 31.4 Å². The quantitative estimate of drug-likeness (QED) is 0.549. The number of rotatable bonds is 7. The van der Waals surface area contributed by atoms with Gasteiger partial charge in [0.1, 0.15) is 5.75 Å². The van der Waals surface area contributed by atoms with Crippen molar-refractivity contribution in [3.63, 3.8) is 0 Å². The van der Waals surface area contributed by atoms with Crippen LogP contribution in [0.3, 0.4) is 0 Å². The molecule has 3 rings (SSSR count). The van der Waals surface area contributed by atoms with Crippen molar-refractivity contribution in [2.75, 3.05) is 26.7 Å². The Hall–Kier alpha value is -2.30. The Morgan fingerprint density at radius 2 is 1.79 bits per heavy atom. The third-order valence-corrected chi connectivity index (χ3v) is 5.66. The summed E-state index contributed by atoms with van der Waals surface area (Å²) in [7, 11) is 1.67. The molecular weight excluding hydrogens is 372 g/mol. The molecule has 0 bridgehead atoms. The van der Waals surface area contributed by atoms with Crippen LogP contribution in [-0.4, -0.2) is 42.1 Å². The largest absolute Gasteiger partial charge is 0.497 e. The molecule has 0 aliphatic rings. The van der Waals surface area contributed by atoms with E-state index in [2.05, 4.69) is 18.7 Å². The molecule has 5 heteroatoms. The van der Waals surface area contributed by atoms with E-state index in [1.165, 1.54) is 5.56 Å². The molecule has 1 aromatic heterocycles.